The quantitative estimate of drug-likeness (QED) is 0.868. The highest BCUT2D eigenvalue weighted by atomic mass is 79.9. The van der Waals surface area contributed by atoms with E-state index in [0.717, 1.165) is 41.7 Å². The minimum atomic E-state index is -0.462. The molecule has 2 aromatic rings. The number of aryl methyl sites for hydroxylation is 1. The minimum Gasteiger partial charge on any atom is -0.389 e. The average Bonchev–Trinajstić information content (AvgIpc) is 2.69. The Morgan fingerprint density at radius 3 is 2.67 bits per heavy atom. The molecule has 0 radical (unpaired) electrons. The van der Waals surface area contributed by atoms with E-state index in [1.807, 2.05) is 13.0 Å². The molecule has 1 atom stereocenters. The zero-order valence-electron chi connectivity index (χ0n) is 12.2. The van der Waals surface area contributed by atoms with Crippen LogP contribution < -0.4 is 4.90 Å². The molecule has 1 N–H and O–H groups in total. The molecular weight excluding hydrogens is 326 g/mol. The number of fused-ring (bicyclic) bond motifs is 1. The van der Waals surface area contributed by atoms with E-state index in [-0.39, 0.29) is 0 Å². The normalized spacial score (nSPS) is 16.2. The van der Waals surface area contributed by atoms with Crippen LogP contribution in [-0.2, 0) is 13.0 Å². The maximum absolute atomic E-state index is 10.1. The Hall–Kier alpha value is -1.32. The summed E-state index contributed by atoms with van der Waals surface area (Å²) in [5.74, 6) is 0. The van der Waals surface area contributed by atoms with Gasteiger partial charge in [-0.05, 0) is 49.1 Å². The van der Waals surface area contributed by atoms with E-state index in [1.54, 1.807) is 0 Å². The van der Waals surface area contributed by atoms with E-state index in [0.29, 0.717) is 0 Å². The summed E-state index contributed by atoms with van der Waals surface area (Å²) in [6, 6.07) is 14.9. The van der Waals surface area contributed by atoms with Crippen LogP contribution in [0.1, 0.15) is 36.1 Å². The Labute approximate surface area is 134 Å². The van der Waals surface area contributed by atoms with Crippen molar-refractivity contribution in [2.24, 2.45) is 0 Å². The summed E-state index contributed by atoms with van der Waals surface area (Å²) >= 11 is 3.50. The van der Waals surface area contributed by atoms with Crippen LogP contribution >= 0.6 is 15.9 Å². The van der Waals surface area contributed by atoms with Crippen LogP contribution in [-0.4, -0.2) is 11.7 Å². The van der Waals surface area contributed by atoms with Gasteiger partial charge in [-0.1, -0.05) is 40.2 Å². The lowest BCUT2D eigenvalue weighted by molar-refractivity contribution is 0.199. The number of benzene rings is 2. The monoisotopic (exact) mass is 345 g/mol. The highest BCUT2D eigenvalue weighted by Crippen LogP contribution is 2.32. The average molecular weight is 346 g/mol. The molecule has 0 saturated carbocycles. The maximum Gasteiger partial charge on any atom is 0.0782 e. The molecule has 0 amide bonds. The molecule has 0 saturated heterocycles. The second-order valence-corrected chi connectivity index (χ2v) is 6.59. The number of hydrogen-bond acceptors (Lipinski definition) is 2. The highest BCUT2D eigenvalue weighted by Gasteiger charge is 2.18. The summed E-state index contributed by atoms with van der Waals surface area (Å²) in [5.41, 5.74) is 4.99. The molecule has 1 aliphatic heterocycles. The number of aliphatic hydroxyl groups excluding tert-OH is 1. The fourth-order valence-corrected chi connectivity index (χ4v) is 3.43. The zero-order valence-corrected chi connectivity index (χ0v) is 13.8. The smallest absolute Gasteiger partial charge is 0.0782 e. The lowest BCUT2D eigenvalue weighted by atomic mass is 10.0. The van der Waals surface area contributed by atoms with Crippen LogP contribution in [0.15, 0.2) is 46.9 Å². The van der Waals surface area contributed by atoms with E-state index in [2.05, 4.69) is 57.2 Å². The van der Waals surface area contributed by atoms with Crippen LogP contribution in [0.3, 0.4) is 0 Å². The Morgan fingerprint density at radius 1 is 1.14 bits per heavy atom. The number of aliphatic hydroxyl groups is 1. The maximum atomic E-state index is 10.1. The first-order chi connectivity index (χ1) is 10.1. The molecule has 0 aliphatic carbocycles. The van der Waals surface area contributed by atoms with Gasteiger partial charge in [0.15, 0.2) is 0 Å². The Bertz CT molecular complexity index is 639. The largest absolute Gasteiger partial charge is 0.389 e. The molecule has 3 rings (SSSR count). The second-order valence-electron chi connectivity index (χ2n) is 5.67. The van der Waals surface area contributed by atoms with Gasteiger partial charge < -0.3 is 10.0 Å². The third kappa shape index (κ3) is 3.14. The number of halogens is 1. The number of anilines is 1. The molecule has 1 heterocycles. The van der Waals surface area contributed by atoms with E-state index in [9.17, 15) is 5.11 Å². The van der Waals surface area contributed by atoms with Crippen LogP contribution in [0.5, 0.6) is 0 Å². The lowest BCUT2D eigenvalue weighted by Gasteiger charge is -2.27. The van der Waals surface area contributed by atoms with E-state index in [4.69, 9.17) is 0 Å². The van der Waals surface area contributed by atoms with Crippen molar-refractivity contribution in [3.63, 3.8) is 0 Å². The summed E-state index contributed by atoms with van der Waals surface area (Å²) in [6.07, 6.45) is 1.82. The van der Waals surface area contributed by atoms with Gasteiger partial charge in [0.05, 0.1) is 6.10 Å². The standard InChI is InChI=1S/C18H20BrNO/c1-13(21)17-11-16(19)8-9-18(17)20-10-4-7-14-5-2-3-6-15(14)12-20/h2-3,5-6,8-9,11,13,21H,4,7,10,12H2,1H3. The molecule has 0 bridgehead atoms. The number of nitrogens with zero attached hydrogens (tertiary/aromatic N) is 1. The molecular formula is C18H20BrNO. The van der Waals surface area contributed by atoms with Crippen LogP contribution in [0.2, 0.25) is 0 Å². The molecule has 0 aromatic heterocycles. The first kappa shape index (κ1) is 14.6. The molecule has 110 valence electrons. The van der Waals surface area contributed by atoms with Crippen molar-refractivity contribution < 1.29 is 5.11 Å². The molecule has 2 nitrogen and oxygen atoms in total. The van der Waals surface area contributed by atoms with Gasteiger partial charge in [-0.15, -0.1) is 0 Å². The van der Waals surface area contributed by atoms with Gasteiger partial charge in [-0.25, -0.2) is 0 Å². The Balaban J connectivity index is 1.98. The number of hydrogen-bond donors (Lipinski definition) is 1. The third-order valence-corrected chi connectivity index (χ3v) is 4.63. The zero-order chi connectivity index (χ0) is 14.8. The molecule has 1 unspecified atom stereocenters. The van der Waals surface area contributed by atoms with Crippen molar-refractivity contribution in [3.8, 4) is 0 Å². The first-order valence-corrected chi connectivity index (χ1v) is 8.23. The van der Waals surface area contributed by atoms with Crippen LogP contribution in [0.25, 0.3) is 0 Å². The molecule has 21 heavy (non-hydrogen) atoms. The van der Waals surface area contributed by atoms with Crippen molar-refractivity contribution >= 4 is 21.6 Å². The van der Waals surface area contributed by atoms with Gasteiger partial charge in [-0.2, -0.15) is 0 Å². The van der Waals surface area contributed by atoms with Crippen molar-refractivity contribution in [1.82, 2.24) is 0 Å². The fourth-order valence-electron chi connectivity index (χ4n) is 3.05. The van der Waals surface area contributed by atoms with Gasteiger partial charge in [0.25, 0.3) is 0 Å². The van der Waals surface area contributed by atoms with Crippen LogP contribution in [0.4, 0.5) is 5.69 Å². The SMILES string of the molecule is CC(O)c1cc(Br)ccc1N1CCCc2ccccc2C1. The molecule has 3 heteroatoms. The summed E-state index contributed by atoms with van der Waals surface area (Å²) in [6.45, 7) is 3.77. The molecule has 2 aromatic carbocycles. The van der Waals surface area contributed by atoms with E-state index in [1.165, 1.54) is 11.1 Å². The predicted molar refractivity (Wildman–Crippen MR) is 90.6 cm³/mol. The van der Waals surface area contributed by atoms with Gasteiger partial charge in [0, 0.05) is 28.8 Å². The Kier molecular flexibility index (Phi) is 4.32. The van der Waals surface area contributed by atoms with Crippen molar-refractivity contribution in [3.05, 3.63) is 63.6 Å². The molecule has 0 spiro atoms. The minimum absolute atomic E-state index is 0.462. The Morgan fingerprint density at radius 2 is 1.90 bits per heavy atom. The van der Waals surface area contributed by atoms with E-state index >= 15 is 0 Å². The summed E-state index contributed by atoms with van der Waals surface area (Å²) in [7, 11) is 0. The fraction of sp³-hybridized carbons (Fsp3) is 0.333. The van der Waals surface area contributed by atoms with Gasteiger partial charge in [0.2, 0.25) is 0 Å². The van der Waals surface area contributed by atoms with Gasteiger partial charge in [-0.3, -0.25) is 0 Å². The molecule has 1 aliphatic rings. The van der Waals surface area contributed by atoms with Crippen LogP contribution in [0, 0.1) is 0 Å². The van der Waals surface area contributed by atoms with Gasteiger partial charge in [0.1, 0.15) is 0 Å². The lowest BCUT2D eigenvalue weighted by Crippen LogP contribution is -2.24. The summed E-state index contributed by atoms with van der Waals surface area (Å²) in [4.78, 5) is 2.39. The van der Waals surface area contributed by atoms with Crippen molar-refractivity contribution in [2.75, 3.05) is 11.4 Å². The summed E-state index contributed by atoms with van der Waals surface area (Å²) in [5, 5.41) is 10.1. The van der Waals surface area contributed by atoms with Crippen molar-refractivity contribution in [1.29, 1.82) is 0 Å². The third-order valence-electron chi connectivity index (χ3n) is 4.13. The van der Waals surface area contributed by atoms with Crippen molar-refractivity contribution in [2.45, 2.75) is 32.4 Å². The molecule has 0 fully saturated rings. The second kappa shape index (κ2) is 6.20. The van der Waals surface area contributed by atoms with E-state index < -0.39 is 6.10 Å². The first-order valence-electron chi connectivity index (χ1n) is 7.44. The topological polar surface area (TPSA) is 23.5 Å². The predicted octanol–water partition coefficient (Wildman–Crippen LogP) is 4.46. The number of rotatable bonds is 2. The van der Waals surface area contributed by atoms with Gasteiger partial charge >= 0.3 is 0 Å². The summed E-state index contributed by atoms with van der Waals surface area (Å²) < 4.78 is 1.01. The highest BCUT2D eigenvalue weighted by molar-refractivity contribution is 9.10.